The molecule has 0 spiro atoms. The van der Waals surface area contributed by atoms with Gasteiger partial charge < -0.3 is 28.1 Å². The highest BCUT2D eigenvalue weighted by molar-refractivity contribution is 5.92. The molecule has 0 N–H and O–H groups in total. The molecule has 1 unspecified atom stereocenters. The number of rotatable bonds is 3. The molecule has 1 aromatic heterocycles. The Morgan fingerprint density at radius 1 is 1.12 bits per heavy atom. The zero-order valence-electron chi connectivity index (χ0n) is 19.3. The third-order valence-electron chi connectivity index (χ3n) is 7.01. The van der Waals surface area contributed by atoms with Crippen molar-refractivity contribution in [1.82, 2.24) is 0 Å². The highest BCUT2D eigenvalue weighted by Gasteiger charge is 2.59. The summed E-state index contributed by atoms with van der Waals surface area (Å²) < 4.78 is 34.9. The van der Waals surface area contributed by atoms with Crippen LogP contribution in [0.1, 0.15) is 69.8 Å². The summed E-state index contributed by atoms with van der Waals surface area (Å²) in [6.45, 7) is 8.79. The lowest BCUT2D eigenvalue weighted by atomic mass is 9.81. The zero-order valence-corrected chi connectivity index (χ0v) is 19.3. The van der Waals surface area contributed by atoms with E-state index in [-0.39, 0.29) is 18.1 Å². The molecule has 2 fully saturated rings. The predicted molar refractivity (Wildman–Crippen MR) is 111 cm³/mol. The van der Waals surface area contributed by atoms with Gasteiger partial charge in [0.15, 0.2) is 6.10 Å². The van der Waals surface area contributed by atoms with Crippen molar-refractivity contribution in [2.24, 2.45) is 5.92 Å². The molecule has 5 heterocycles. The predicted octanol–water partition coefficient (Wildman–Crippen LogP) is 3.00. The van der Waals surface area contributed by atoms with Crippen LogP contribution in [0.4, 0.5) is 0 Å². The van der Waals surface area contributed by atoms with E-state index in [1.165, 1.54) is 13.8 Å². The number of fused-ring (bicyclic) bond motifs is 5. The maximum absolute atomic E-state index is 12.8. The van der Waals surface area contributed by atoms with Gasteiger partial charge in [-0.1, -0.05) is 0 Å². The molecular weight excluding hydrogens is 432 g/mol. The van der Waals surface area contributed by atoms with E-state index < -0.39 is 53.3 Å². The number of furan rings is 1. The quantitative estimate of drug-likeness (QED) is 0.381. The van der Waals surface area contributed by atoms with Crippen molar-refractivity contribution < 1.29 is 42.5 Å². The molecule has 2 saturated heterocycles. The van der Waals surface area contributed by atoms with Crippen molar-refractivity contribution in [3.05, 3.63) is 34.8 Å². The standard InChI is InChI=1S/C24H28O9/c1-11-6-18-21-23(4,33-21)9-14-7-15(22(27)31-14)17(29-12(2)25)8-16(24(5)10-28-24)20(19(11)32-18)30-13(3)26/h6-7,14,16-17,20-21H,8-10H2,1-5H3/t14-,16-,17?,20+,21-,23+,24+/m1/s1. The van der Waals surface area contributed by atoms with Gasteiger partial charge in [0.25, 0.3) is 0 Å². The summed E-state index contributed by atoms with van der Waals surface area (Å²) in [5, 5.41) is 0. The summed E-state index contributed by atoms with van der Waals surface area (Å²) in [5.41, 5.74) is -0.128. The molecular formula is C24H28O9. The first-order valence-corrected chi connectivity index (χ1v) is 11.2. The van der Waals surface area contributed by atoms with E-state index in [4.69, 9.17) is 28.1 Å². The molecule has 0 amide bonds. The van der Waals surface area contributed by atoms with Gasteiger partial charge in [0, 0.05) is 26.2 Å². The Bertz CT molecular complexity index is 1050. The molecule has 0 aliphatic carbocycles. The van der Waals surface area contributed by atoms with Crippen LogP contribution in [-0.2, 0) is 38.1 Å². The zero-order chi connectivity index (χ0) is 23.7. The average molecular weight is 460 g/mol. The fourth-order valence-corrected chi connectivity index (χ4v) is 5.12. The van der Waals surface area contributed by atoms with E-state index in [0.717, 1.165) is 5.56 Å². The Balaban J connectivity index is 1.63. The minimum Gasteiger partial charge on any atom is -0.459 e. The number of esters is 3. The lowest BCUT2D eigenvalue weighted by molar-refractivity contribution is -0.157. The number of hydrogen-bond acceptors (Lipinski definition) is 9. The largest absolute Gasteiger partial charge is 0.459 e. The number of epoxide rings is 2. The van der Waals surface area contributed by atoms with Crippen molar-refractivity contribution in [3.63, 3.8) is 0 Å². The normalized spacial score (nSPS) is 39.1. The first-order chi connectivity index (χ1) is 15.5. The van der Waals surface area contributed by atoms with Gasteiger partial charge >= 0.3 is 17.9 Å². The first kappa shape index (κ1) is 22.2. The molecule has 9 heteroatoms. The summed E-state index contributed by atoms with van der Waals surface area (Å²) in [4.78, 5) is 36.9. The third kappa shape index (κ3) is 3.97. The molecule has 178 valence electrons. The van der Waals surface area contributed by atoms with Gasteiger partial charge in [-0.25, -0.2) is 4.79 Å². The van der Waals surface area contributed by atoms with E-state index in [0.29, 0.717) is 24.5 Å². The molecule has 7 atom stereocenters. The van der Waals surface area contributed by atoms with Crippen LogP contribution in [-0.4, -0.2) is 47.9 Å². The highest BCUT2D eigenvalue weighted by atomic mass is 16.6. The van der Waals surface area contributed by atoms with E-state index >= 15 is 0 Å². The van der Waals surface area contributed by atoms with Gasteiger partial charge in [0.2, 0.25) is 0 Å². The second-order valence-corrected chi connectivity index (χ2v) is 9.85. The average Bonchev–Trinajstić information content (AvgIpc) is 3.50. The second kappa shape index (κ2) is 7.43. The molecule has 0 aromatic carbocycles. The van der Waals surface area contributed by atoms with Gasteiger partial charge in [-0.05, 0) is 44.9 Å². The van der Waals surface area contributed by atoms with Crippen LogP contribution < -0.4 is 0 Å². The lowest BCUT2D eigenvalue weighted by Crippen LogP contribution is -2.36. The van der Waals surface area contributed by atoms with Crippen molar-refractivity contribution >= 4 is 17.9 Å². The number of carbonyl (C=O) groups excluding carboxylic acids is 3. The Morgan fingerprint density at radius 3 is 2.45 bits per heavy atom. The van der Waals surface area contributed by atoms with Crippen molar-refractivity contribution in [2.45, 2.75) is 83.1 Å². The molecule has 1 aromatic rings. The summed E-state index contributed by atoms with van der Waals surface area (Å²) in [7, 11) is 0. The van der Waals surface area contributed by atoms with Gasteiger partial charge in [-0.2, -0.15) is 0 Å². The van der Waals surface area contributed by atoms with Gasteiger partial charge in [-0.3, -0.25) is 9.59 Å². The van der Waals surface area contributed by atoms with Crippen LogP contribution >= 0.6 is 0 Å². The van der Waals surface area contributed by atoms with Gasteiger partial charge in [0.1, 0.15) is 35.4 Å². The molecule has 5 rings (SSSR count). The van der Waals surface area contributed by atoms with E-state index in [1.807, 2.05) is 26.8 Å². The smallest absolute Gasteiger partial charge is 0.338 e. The number of aryl methyl sites for hydroxylation is 1. The summed E-state index contributed by atoms with van der Waals surface area (Å²) in [5.74, 6) is -0.854. The number of ether oxygens (including phenoxy) is 5. The van der Waals surface area contributed by atoms with Gasteiger partial charge in [-0.15, -0.1) is 0 Å². The van der Waals surface area contributed by atoms with E-state index in [1.54, 1.807) is 6.08 Å². The van der Waals surface area contributed by atoms with Crippen LogP contribution in [0.25, 0.3) is 0 Å². The summed E-state index contributed by atoms with van der Waals surface area (Å²) >= 11 is 0. The van der Waals surface area contributed by atoms with E-state index in [2.05, 4.69) is 0 Å². The van der Waals surface area contributed by atoms with Gasteiger partial charge in [0.05, 0.1) is 17.8 Å². The Morgan fingerprint density at radius 2 is 1.82 bits per heavy atom. The Labute approximate surface area is 191 Å². The van der Waals surface area contributed by atoms with Crippen molar-refractivity contribution in [1.29, 1.82) is 0 Å². The topological polar surface area (TPSA) is 117 Å². The fraction of sp³-hybridized carbons (Fsp3) is 0.625. The maximum atomic E-state index is 12.8. The molecule has 9 nitrogen and oxygen atoms in total. The van der Waals surface area contributed by atoms with Crippen LogP contribution in [0.15, 0.2) is 22.1 Å². The minimum absolute atomic E-state index is 0.189. The number of hydrogen-bond donors (Lipinski definition) is 0. The highest BCUT2D eigenvalue weighted by Crippen LogP contribution is 2.55. The lowest BCUT2D eigenvalue weighted by Gasteiger charge is -2.31. The maximum Gasteiger partial charge on any atom is 0.338 e. The second-order valence-electron chi connectivity index (χ2n) is 9.85. The molecule has 4 aliphatic rings. The molecule has 33 heavy (non-hydrogen) atoms. The minimum atomic E-state index is -0.886. The number of carbonyl (C=O) groups is 3. The summed E-state index contributed by atoms with van der Waals surface area (Å²) in [6, 6.07) is 1.89. The SMILES string of the molecule is CC(=O)OC1C[C@@H]([C@]2(C)CO2)[C@H](OC(C)=O)c2oc(cc2C)[C@H]2O[C@@]2(C)C[C@H]2C=C1C(=O)O2. The van der Waals surface area contributed by atoms with Crippen LogP contribution in [0.2, 0.25) is 0 Å². The Hall–Kier alpha value is -2.65. The first-order valence-electron chi connectivity index (χ1n) is 11.2. The fourth-order valence-electron chi connectivity index (χ4n) is 5.12. The van der Waals surface area contributed by atoms with Crippen molar-refractivity contribution in [3.8, 4) is 0 Å². The van der Waals surface area contributed by atoms with Crippen LogP contribution in [0, 0.1) is 12.8 Å². The van der Waals surface area contributed by atoms with E-state index in [9.17, 15) is 14.4 Å². The third-order valence-corrected chi connectivity index (χ3v) is 7.01. The molecule has 0 saturated carbocycles. The molecule has 4 aliphatic heterocycles. The Kier molecular flexibility index (Phi) is 4.99. The summed E-state index contributed by atoms with van der Waals surface area (Å²) in [6.07, 6.45) is -0.169. The van der Waals surface area contributed by atoms with Crippen LogP contribution in [0.3, 0.4) is 0 Å². The van der Waals surface area contributed by atoms with Crippen LogP contribution in [0.5, 0.6) is 0 Å². The molecule has 0 radical (unpaired) electrons. The monoisotopic (exact) mass is 460 g/mol. The molecule has 4 bridgehead atoms. The van der Waals surface area contributed by atoms with Crippen molar-refractivity contribution in [2.75, 3.05) is 6.61 Å².